The Hall–Kier alpha value is -5.22. The van der Waals surface area contributed by atoms with Crippen molar-refractivity contribution < 1.29 is 23.9 Å². The Morgan fingerprint density at radius 2 is 1.89 bits per heavy atom. The molecule has 3 aromatic rings. The van der Waals surface area contributed by atoms with Crippen molar-refractivity contribution in [1.29, 1.82) is 0 Å². The van der Waals surface area contributed by atoms with Gasteiger partial charge in [-0.3, -0.25) is 19.5 Å². The number of imide groups is 1. The summed E-state index contributed by atoms with van der Waals surface area (Å²) in [6.45, 7) is 7.30. The standard InChI is InChI=1S/C32H35N7O6/c1-19(16-21-6-7-23(44-4)17-24(21)20(2)40)18-32(29(41)34-30(42)35-32)13-10-25-27(45-5)9-8-26(33-25)28-36-37-31(43)39(28)22-11-14-38(3)15-12-22/h6-9,17,22H,1,11-12,14-16,18H2,2-5H3,(H,37,43)(H2,34,35,41,42). The molecule has 13 heteroatoms. The summed E-state index contributed by atoms with van der Waals surface area (Å²) >= 11 is 0. The molecule has 45 heavy (non-hydrogen) atoms. The van der Waals surface area contributed by atoms with Crippen LogP contribution in [0.2, 0.25) is 0 Å². The molecule has 0 bridgehead atoms. The third-order valence-electron chi connectivity index (χ3n) is 8.05. The molecule has 3 amide bonds. The normalized spacial score (nSPS) is 18.5. The highest BCUT2D eigenvalue weighted by molar-refractivity contribution is 6.09. The maximum atomic E-state index is 13.1. The highest BCUT2D eigenvalue weighted by Gasteiger charge is 2.45. The number of benzene rings is 1. The Kier molecular flexibility index (Phi) is 8.87. The van der Waals surface area contributed by atoms with E-state index in [9.17, 15) is 19.2 Å². The van der Waals surface area contributed by atoms with Crippen molar-refractivity contribution in [2.45, 2.75) is 44.2 Å². The molecular weight excluding hydrogens is 578 g/mol. The van der Waals surface area contributed by atoms with E-state index in [0.29, 0.717) is 39.7 Å². The zero-order valence-corrected chi connectivity index (χ0v) is 25.7. The van der Waals surface area contributed by atoms with Gasteiger partial charge in [0.2, 0.25) is 0 Å². The van der Waals surface area contributed by atoms with Gasteiger partial charge in [-0.25, -0.2) is 19.7 Å². The first-order valence-corrected chi connectivity index (χ1v) is 14.5. The van der Waals surface area contributed by atoms with Crippen molar-refractivity contribution in [2.75, 3.05) is 34.4 Å². The summed E-state index contributed by atoms with van der Waals surface area (Å²) in [5.74, 6) is 6.31. The second kappa shape index (κ2) is 12.8. The van der Waals surface area contributed by atoms with Gasteiger partial charge < -0.3 is 19.7 Å². The zero-order chi connectivity index (χ0) is 32.3. The van der Waals surface area contributed by atoms with Gasteiger partial charge >= 0.3 is 11.7 Å². The fourth-order valence-corrected chi connectivity index (χ4v) is 5.69. The van der Waals surface area contributed by atoms with Crippen LogP contribution in [0.15, 0.2) is 47.3 Å². The number of amides is 3. The van der Waals surface area contributed by atoms with Crippen LogP contribution in [0.4, 0.5) is 4.79 Å². The van der Waals surface area contributed by atoms with E-state index in [0.717, 1.165) is 25.9 Å². The number of aromatic nitrogens is 4. The Balaban J connectivity index is 1.47. The van der Waals surface area contributed by atoms with Crippen LogP contribution in [0.5, 0.6) is 11.5 Å². The summed E-state index contributed by atoms with van der Waals surface area (Å²) in [6.07, 6.45) is 1.81. The largest absolute Gasteiger partial charge is 0.497 e. The predicted octanol–water partition coefficient (Wildman–Crippen LogP) is 2.24. The van der Waals surface area contributed by atoms with Crippen LogP contribution in [0.3, 0.4) is 0 Å². The molecule has 5 rings (SSSR count). The number of ether oxygens (including phenoxy) is 2. The first-order valence-electron chi connectivity index (χ1n) is 14.5. The number of Topliss-reactive ketones (excluding diaryl/α,β-unsaturated/α-hetero) is 1. The summed E-state index contributed by atoms with van der Waals surface area (Å²) in [5.41, 5.74) is 0.340. The van der Waals surface area contributed by atoms with Crippen LogP contribution >= 0.6 is 0 Å². The van der Waals surface area contributed by atoms with E-state index >= 15 is 0 Å². The Bertz CT molecular complexity index is 1790. The van der Waals surface area contributed by atoms with E-state index in [1.54, 1.807) is 34.9 Å². The number of urea groups is 1. The average molecular weight is 614 g/mol. The fraction of sp³-hybridized carbons (Fsp3) is 0.375. The van der Waals surface area contributed by atoms with Gasteiger partial charge in [-0.15, -0.1) is 0 Å². The number of rotatable bonds is 9. The lowest BCUT2D eigenvalue weighted by Gasteiger charge is -2.29. The first-order chi connectivity index (χ1) is 21.5. The Labute approximate surface area is 260 Å². The molecule has 2 aliphatic heterocycles. The van der Waals surface area contributed by atoms with Crippen molar-refractivity contribution in [3.05, 3.63) is 69.8 Å². The molecular formula is C32H35N7O6. The van der Waals surface area contributed by atoms with Gasteiger partial charge in [0.15, 0.2) is 28.6 Å². The minimum Gasteiger partial charge on any atom is -0.497 e. The number of H-pyrrole nitrogens is 1. The Morgan fingerprint density at radius 3 is 2.53 bits per heavy atom. The van der Waals surface area contributed by atoms with Gasteiger partial charge in [-0.1, -0.05) is 24.1 Å². The van der Waals surface area contributed by atoms with Gasteiger partial charge in [0.05, 0.1) is 14.2 Å². The molecule has 0 aliphatic carbocycles. The SMILES string of the molecule is C=C(Cc1ccc(OC)cc1C(C)=O)CC1(C#Cc2nc(-c3n[nH]c(=O)n3C3CCN(C)CC3)ccc2OC)NC(=O)NC1=O. The lowest BCUT2D eigenvalue weighted by molar-refractivity contribution is -0.122. The molecule has 2 aromatic heterocycles. The number of pyridine rings is 1. The van der Waals surface area contributed by atoms with Gasteiger partial charge in [0.1, 0.15) is 11.4 Å². The van der Waals surface area contributed by atoms with Crippen molar-refractivity contribution >= 4 is 17.7 Å². The number of ketones is 1. The quantitative estimate of drug-likeness (QED) is 0.142. The molecule has 13 nitrogen and oxygen atoms in total. The van der Waals surface area contributed by atoms with Gasteiger partial charge in [-0.05, 0) is 82.1 Å². The molecule has 1 aromatic carbocycles. The van der Waals surface area contributed by atoms with E-state index in [2.05, 4.69) is 49.1 Å². The molecule has 2 aliphatic rings. The number of aromatic amines is 1. The second-order valence-corrected chi connectivity index (χ2v) is 11.3. The van der Waals surface area contributed by atoms with Crippen molar-refractivity contribution in [2.24, 2.45) is 0 Å². The number of methoxy groups -OCH3 is 2. The third kappa shape index (κ3) is 6.51. The van der Waals surface area contributed by atoms with E-state index in [4.69, 9.17) is 9.47 Å². The maximum Gasteiger partial charge on any atom is 0.343 e. The fourth-order valence-electron chi connectivity index (χ4n) is 5.69. The number of likely N-dealkylation sites (tertiary alicyclic amines) is 1. The molecule has 1 unspecified atom stereocenters. The van der Waals surface area contributed by atoms with Crippen LogP contribution in [0.1, 0.15) is 53.8 Å². The summed E-state index contributed by atoms with van der Waals surface area (Å²) < 4.78 is 12.4. The highest BCUT2D eigenvalue weighted by atomic mass is 16.5. The number of hydrogen-bond donors (Lipinski definition) is 3. The summed E-state index contributed by atoms with van der Waals surface area (Å²) in [4.78, 5) is 57.4. The monoisotopic (exact) mass is 613 g/mol. The number of piperidine rings is 1. The predicted molar refractivity (Wildman–Crippen MR) is 165 cm³/mol. The van der Waals surface area contributed by atoms with Gasteiger partial charge in [0.25, 0.3) is 5.91 Å². The lowest BCUT2D eigenvalue weighted by Crippen LogP contribution is -2.46. The smallest absolute Gasteiger partial charge is 0.343 e. The van der Waals surface area contributed by atoms with E-state index in [1.807, 2.05) is 7.05 Å². The highest BCUT2D eigenvalue weighted by Crippen LogP contribution is 2.28. The molecule has 0 spiro atoms. The average Bonchev–Trinajstić information content (AvgIpc) is 3.53. The summed E-state index contributed by atoms with van der Waals surface area (Å²) in [5, 5.41) is 11.7. The number of nitrogens with zero attached hydrogens (tertiary/aromatic N) is 4. The number of nitrogens with one attached hydrogen (secondary N) is 3. The van der Waals surface area contributed by atoms with Gasteiger partial charge in [0, 0.05) is 18.0 Å². The maximum absolute atomic E-state index is 13.1. The topological polar surface area (TPSA) is 161 Å². The molecule has 2 saturated heterocycles. The van der Waals surface area contributed by atoms with Crippen molar-refractivity contribution in [3.8, 4) is 34.9 Å². The van der Waals surface area contributed by atoms with Crippen LogP contribution in [-0.4, -0.2) is 82.3 Å². The first kappa shape index (κ1) is 31.2. The number of carbonyl (C=O) groups excluding carboxylic acids is 3. The molecule has 0 radical (unpaired) electrons. The van der Waals surface area contributed by atoms with Crippen LogP contribution in [0.25, 0.3) is 11.5 Å². The number of hydrogen-bond acceptors (Lipinski definition) is 9. The molecule has 1 atom stereocenters. The summed E-state index contributed by atoms with van der Waals surface area (Å²) in [6, 6.07) is 7.79. The molecule has 4 heterocycles. The molecule has 2 fully saturated rings. The second-order valence-electron chi connectivity index (χ2n) is 11.3. The van der Waals surface area contributed by atoms with Crippen LogP contribution < -0.4 is 25.8 Å². The molecule has 0 saturated carbocycles. The summed E-state index contributed by atoms with van der Waals surface area (Å²) in [7, 11) is 5.03. The molecule has 3 N–H and O–H groups in total. The zero-order valence-electron chi connectivity index (χ0n) is 25.7. The number of carbonyl (C=O) groups is 3. The lowest BCUT2D eigenvalue weighted by atomic mass is 9.87. The van der Waals surface area contributed by atoms with Crippen LogP contribution in [0, 0.1) is 11.8 Å². The minimum atomic E-state index is -1.65. The third-order valence-corrected chi connectivity index (χ3v) is 8.05. The van der Waals surface area contributed by atoms with Gasteiger partial charge in [-0.2, -0.15) is 5.10 Å². The van der Waals surface area contributed by atoms with Crippen LogP contribution in [-0.2, 0) is 11.2 Å². The minimum absolute atomic E-state index is 0.0298. The Morgan fingerprint density at radius 1 is 1.13 bits per heavy atom. The van der Waals surface area contributed by atoms with Crippen molar-refractivity contribution in [3.63, 3.8) is 0 Å². The van der Waals surface area contributed by atoms with Crippen molar-refractivity contribution in [1.82, 2.24) is 35.3 Å². The molecule has 234 valence electrons. The van der Waals surface area contributed by atoms with E-state index in [-0.39, 0.29) is 36.1 Å². The van der Waals surface area contributed by atoms with E-state index < -0.39 is 17.5 Å². The van der Waals surface area contributed by atoms with E-state index in [1.165, 1.54) is 21.1 Å².